The molecule has 1 aromatic carbocycles. The fraction of sp³-hybridized carbons (Fsp3) is 0.190. The van der Waals surface area contributed by atoms with Crippen LogP contribution in [-0.2, 0) is 0 Å². The van der Waals surface area contributed by atoms with E-state index < -0.39 is 5.91 Å². The highest BCUT2D eigenvalue weighted by Gasteiger charge is 2.27. The van der Waals surface area contributed by atoms with Crippen molar-refractivity contribution < 1.29 is 9.53 Å². The molecule has 6 nitrogen and oxygen atoms in total. The zero-order valence-corrected chi connectivity index (χ0v) is 15.8. The van der Waals surface area contributed by atoms with Crippen LogP contribution in [-0.4, -0.2) is 35.1 Å². The Labute approximate surface area is 167 Å². The Kier molecular flexibility index (Phi) is 5.12. The standard InChI is InChI=1S/C21H19ClN4O2/c22-18-4-2-9-25-21(18)28-16-7-10-26(13-16)19-6-5-14(11-17(19)20(23)27)15-3-1-8-24-12-15/h1-6,8-9,11-12,16H,7,10,13H2,(H2,23,27)/t16-/m1/s1. The topological polar surface area (TPSA) is 81.3 Å². The highest BCUT2D eigenvalue weighted by atomic mass is 35.5. The third-order valence-electron chi connectivity index (χ3n) is 4.75. The number of carbonyl (C=O) groups excluding carboxylic acids is 1. The van der Waals surface area contributed by atoms with Gasteiger partial charge in [-0.1, -0.05) is 23.7 Å². The van der Waals surface area contributed by atoms with Crippen LogP contribution in [0, 0.1) is 0 Å². The summed E-state index contributed by atoms with van der Waals surface area (Å²) in [6.07, 6.45) is 5.86. The van der Waals surface area contributed by atoms with Gasteiger partial charge < -0.3 is 15.4 Å². The Morgan fingerprint density at radius 1 is 1.18 bits per heavy atom. The van der Waals surface area contributed by atoms with Crippen molar-refractivity contribution >= 4 is 23.2 Å². The van der Waals surface area contributed by atoms with Crippen molar-refractivity contribution in [1.29, 1.82) is 0 Å². The predicted octanol–water partition coefficient (Wildman–Crippen LogP) is 3.55. The number of ether oxygens (including phenoxy) is 1. The molecule has 142 valence electrons. The van der Waals surface area contributed by atoms with Gasteiger partial charge in [0.2, 0.25) is 5.88 Å². The molecule has 1 aliphatic heterocycles. The van der Waals surface area contributed by atoms with Gasteiger partial charge in [0, 0.05) is 42.8 Å². The lowest BCUT2D eigenvalue weighted by atomic mass is 10.0. The minimum atomic E-state index is -0.460. The number of hydrogen-bond donors (Lipinski definition) is 1. The predicted molar refractivity (Wildman–Crippen MR) is 109 cm³/mol. The zero-order valence-electron chi connectivity index (χ0n) is 15.1. The van der Waals surface area contributed by atoms with Gasteiger partial charge >= 0.3 is 0 Å². The molecule has 0 aliphatic carbocycles. The smallest absolute Gasteiger partial charge is 0.250 e. The lowest BCUT2D eigenvalue weighted by Crippen LogP contribution is -2.27. The largest absolute Gasteiger partial charge is 0.471 e. The second-order valence-electron chi connectivity index (χ2n) is 6.60. The normalized spacial score (nSPS) is 16.2. The summed E-state index contributed by atoms with van der Waals surface area (Å²) in [7, 11) is 0. The van der Waals surface area contributed by atoms with E-state index in [2.05, 4.69) is 14.9 Å². The summed E-state index contributed by atoms with van der Waals surface area (Å²) in [6, 6.07) is 13.0. The number of nitrogens with zero attached hydrogens (tertiary/aromatic N) is 3. The van der Waals surface area contributed by atoms with E-state index in [-0.39, 0.29) is 6.10 Å². The molecule has 4 rings (SSSR count). The number of amides is 1. The van der Waals surface area contributed by atoms with Crippen molar-refractivity contribution in [1.82, 2.24) is 9.97 Å². The molecule has 3 aromatic rings. The van der Waals surface area contributed by atoms with E-state index >= 15 is 0 Å². The van der Waals surface area contributed by atoms with Crippen molar-refractivity contribution in [3.63, 3.8) is 0 Å². The van der Waals surface area contributed by atoms with Gasteiger partial charge in [-0.25, -0.2) is 4.98 Å². The Hall–Kier alpha value is -3.12. The molecule has 0 spiro atoms. The van der Waals surface area contributed by atoms with Gasteiger partial charge in [-0.3, -0.25) is 9.78 Å². The van der Waals surface area contributed by atoms with Crippen molar-refractivity contribution in [2.45, 2.75) is 12.5 Å². The molecule has 0 radical (unpaired) electrons. The third-order valence-corrected chi connectivity index (χ3v) is 5.03. The Bertz CT molecular complexity index is 997. The monoisotopic (exact) mass is 394 g/mol. The van der Waals surface area contributed by atoms with Gasteiger partial charge in [0.15, 0.2) is 0 Å². The fourth-order valence-electron chi connectivity index (χ4n) is 3.38. The lowest BCUT2D eigenvalue weighted by molar-refractivity contribution is 0.100. The van der Waals surface area contributed by atoms with Gasteiger partial charge in [0.1, 0.15) is 11.1 Å². The van der Waals surface area contributed by atoms with Gasteiger partial charge in [0.05, 0.1) is 12.1 Å². The summed E-state index contributed by atoms with van der Waals surface area (Å²) >= 11 is 6.13. The van der Waals surface area contributed by atoms with Gasteiger partial charge in [-0.05, 0) is 35.9 Å². The number of aromatic nitrogens is 2. The van der Waals surface area contributed by atoms with Crippen LogP contribution in [0.25, 0.3) is 11.1 Å². The van der Waals surface area contributed by atoms with Gasteiger partial charge in [0.25, 0.3) is 5.91 Å². The van der Waals surface area contributed by atoms with Crippen LogP contribution in [0.3, 0.4) is 0 Å². The number of nitrogens with two attached hydrogens (primary N) is 1. The molecule has 3 heterocycles. The van der Waals surface area contributed by atoms with Crippen molar-refractivity contribution in [2.24, 2.45) is 5.73 Å². The summed E-state index contributed by atoms with van der Waals surface area (Å²) in [5.74, 6) is -0.0315. The maximum atomic E-state index is 12.1. The molecule has 0 bridgehead atoms. The van der Waals surface area contributed by atoms with Gasteiger partial charge in [-0.2, -0.15) is 0 Å². The van der Waals surface area contributed by atoms with Crippen LogP contribution >= 0.6 is 11.6 Å². The quantitative estimate of drug-likeness (QED) is 0.715. The van der Waals surface area contributed by atoms with Gasteiger partial charge in [-0.15, -0.1) is 0 Å². The first-order chi connectivity index (χ1) is 13.6. The molecule has 28 heavy (non-hydrogen) atoms. The number of pyridine rings is 2. The number of hydrogen-bond acceptors (Lipinski definition) is 5. The first kappa shape index (κ1) is 18.3. The molecule has 1 atom stereocenters. The maximum Gasteiger partial charge on any atom is 0.250 e. The minimum absolute atomic E-state index is 0.0638. The number of halogens is 1. The van der Waals surface area contributed by atoms with Crippen LogP contribution in [0.4, 0.5) is 5.69 Å². The fourth-order valence-corrected chi connectivity index (χ4v) is 3.55. The summed E-state index contributed by atoms with van der Waals surface area (Å²) < 4.78 is 5.94. The van der Waals surface area contributed by atoms with Crippen LogP contribution in [0.5, 0.6) is 5.88 Å². The second kappa shape index (κ2) is 7.86. The number of benzene rings is 1. The molecular weight excluding hydrogens is 376 g/mol. The Balaban J connectivity index is 1.56. The van der Waals surface area contributed by atoms with E-state index in [9.17, 15) is 4.79 Å². The van der Waals surface area contributed by atoms with Crippen molar-refractivity contribution in [2.75, 3.05) is 18.0 Å². The van der Waals surface area contributed by atoms with E-state index in [1.807, 2.05) is 30.3 Å². The number of anilines is 1. The van der Waals surface area contributed by atoms with Crippen molar-refractivity contribution in [3.05, 3.63) is 71.6 Å². The lowest BCUT2D eigenvalue weighted by Gasteiger charge is -2.22. The molecular formula is C21H19ClN4O2. The average molecular weight is 395 g/mol. The number of carbonyl (C=O) groups is 1. The number of primary amides is 1. The Morgan fingerprint density at radius 3 is 2.79 bits per heavy atom. The molecule has 7 heteroatoms. The van der Waals surface area contributed by atoms with E-state index in [0.717, 1.165) is 29.8 Å². The maximum absolute atomic E-state index is 12.1. The first-order valence-corrected chi connectivity index (χ1v) is 9.36. The summed E-state index contributed by atoms with van der Waals surface area (Å²) in [6.45, 7) is 1.38. The first-order valence-electron chi connectivity index (χ1n) is 8.98. The molecule has 2 N–H and O–H groups in total. The van der Waals surface area contributed by atoms with E-state index in [1.54, 1.807) is 30.7 Å². The van der Waals surface area contributed by atoms with E-state index in [1.165, 1.54) is 0 Å². The highest BCUT2D eigenvalue weighted by Crippen LogP contribution is 2.31. The molecule has 1 aliphatic rings. The molecule has 2 aromatic heterocycles. The molecule has 1 fully saturated rings. The summed E-state index contributed by atoms with van der Waals surface area (Å²) in [4.78, 5) is 22.5. The number of rotatable bonds is 5. The Morgan fingerprint density at radius 2 is 2.04 bits per heavy atom. The molecule has 0 unspecified atom stereocenters. The van der Waals surface area contributed by atoms with E-state index in [0.29, 0.717) is 23.0 Å². The van der Waals surface area contributed by atoms with Crippen molar-refractivity contribution in [3.8, 4) is 17.0 Å². The SMILES string of the molecule is NC(=O)c1cc(-c2cccnc2)ccc1N1CC[C@@H](Oc2ncccc2Cl)C1. The molecule has 1 amide bonds. The third kappa shape index (κ3) is 3.77. The minimum Gasteiger partial charge on any atom is -0.471 e. The van der Waals surface area contributed by atoms with Crippen LogP contribution < -0.4 is 15.4 Å². The van der Waals surface area contributed by atoms with Crippen LogP contribution in [0.2, 0.25) is 5.02 Å². The molecule has 0 saturated carbocycles. The average Bonchev–Trinajstić information content (AvgIpc) is 3.18. The highest BCUT2D eigenvalue weighted by molar-refractivity contribution is 6.31. The summed E-state index contributed by atoms with van der Waals surface area (Å²) in [5, 5.41) is 0.486. The van der Waals surface area contributed by atoms with E-state index in [4.69, 9.17) is 22.1 Å². The second-order valence-corrected chi connectivity index (χ2v) is 7.01. The van der Waals surface area contributed by atoms with Crippen LogP contribution in [0.1, 0.15) is 16.8 Å². The zero-order chi connectivity index (χ0) is 19.5. The summed E-state index contributed by atoms with van der Waals surface area (Å²) in [5.41, 5.74) is 8.79. The van der Waals surface area contributed by atoms with Crippen LogP contribution in [0.15, 0.2) is 61.1 Å². The molecule has 1 saturated heterocycles.